The maximum absolute atomic E-state index is 2.46. The first-order chi connectivity index (χ1) is 48.7. The van der Waals surface area contributed by atoms with Crippen molar-refractivity contribution in [3.8, 4) is 55.6 Å². The van der Waals surface area contributed by atoms with Crippen molar-refractivity contribution >= 4 is 124 Å². The molecule has 1 aliphatic rings. The summed E-state index contributed by atoms with van der Waals surface area (Å²) < 4.78 is 0. The van der Waals surface area contributed by atoms with Gasteiger partial charge in [-0.3, -0.25) is 0 Å². The van der Waals surface area contributed by atoms with E-state index in [0.29, 0.717) is 5.92 Å². The van der Waals surface area contributed by atoms with Crippen LogP contribution in [0.15, 0.2) is 370 Å². The lowest BCUT2D eigenvalue weighted by atomic mass is 9.82. The zero-order valence-corrected chi connectivity index (χ0v) is 54.0. The van der Waals surface area contributed by atoms with E-state index in [2.05, 4.69) is 370 Å². The molecule has 0 radical (unpaired) electrons. The highest BCUT2D eigenvalue weighted by atomic mass is 14.3. The molecule has 0 aliphatic heterocycles. The fourth-order valence-corrected chi connectivity index (χ4v) is 16.7. The minimum Gasteiger partial charge on any atom is -0.0761 e. The van der Waals surface area contributed by atoms with Crippen LogP contribution in [-0.2, 0) is 0 Å². The SMILES string of the molecule is C1=CC(c2cccc3ccccc23)CC=C1c1c2ccccc2c(-c2ccc(-c3ccccc3-c3ccccc3)cc2)c2ccccc12.c1ccc2c(-c3ccc4c5ccccc5c5ccccc5c4c3)c3ccccc3c(-c3ccc4c5ccccc5c5ccccc5c4c3)c2c1. The highest BCUT2D eigenvalue weighted by molar-refractivity contribution is 6.30. The highest BCUT2D eigenvalue weighted by Gasteiger charge is 2.23. The molecule has 0 spiro atoms. The highest BCUT2D eigenvalue weighted by Crippen LogP contribution is 2.49. The summed E-state index contributed by atoms with van der Waals surface area (Å²) >= 11 is 0. The molecule has 456 valence electrons. The van der Waals surface area contributed by atoms with Crippen molar-refractivity contribution in [2.45, 2.75) is 12.3 Å². The maximum atomic E-state index is 2.46. The molecular weight excluding hydrogens is 1180 g/mol. The Hall–Kier alpha value is -12.5. The van der Waals surface area contributed by atoms with Gasteiger partial charge in [-0.2, -0.15) is 0 Å². The molecule has 0 fully saturated rings. The van der Waals surface area contributed by atoms with Crippen molar-refractivity contribution in [1.82, 2.24) is 0 Å². The molecular formula is C98H64. The van der Waals surface area contributed by atoms with E-state index >= 15 is 0 Å². The summed E-state index contributed by atoms with van der Waals surface area (Å²) in [5.41, 5.74) is 16.6. The normalized spacial score (nSPS) is 13.2. The minimum absolute atomic E-state index is 0.363. The zero-order chi connectivity index (χ0) is 64.6. The first-order valence-electron chi connectivity index (χ1n) is 34.3. The van der Waals surface area contributed by atoms with E-state index in [9.17, 15) is 0 Å². The Morgan fingerprint density at radius 2 is 0.490 bits per heavy atom. The predicted octanol–water partition coefficient (Wildman–Crippen LogP) is 27.5. The van der Waals surface area contributed by atoms with Crippen LogP contribution in [0.1, 0.15) is 23.5 Å². The number of fused-ring (bicyclic) bond motifs is 17. The summed E-state index contributed by atoms with van der Waals surface area (Å²) in [6.45, 7) is 0. The van der Waals surface area contributed by atoms with Crippen LogP contribution in [0.4, 0.5) is 0 Å². The lowest BCUT2D eigenvalue weighted by molar-refractivity contribution is 0.865. The second-order valence-electron chi connectivity index (χ2n) is 26.3. The van der Waals surface area contributed by atoms with Gasteiger partial charge < -0.3 is 0 Å². The van der Waals surface area contributed by atoms with Crippen LogP contribution in [0, 0.1) is 0 Å². The van der Waals surface area contributed by atoms with Crippen LogP contribution in [0.2, 0.25) is 0 Å². The number of rotatable bonds is 7. The van der Waals surface area contributed by atoms with Crippen molar-refractivity contribution in [3.05, 3.63) is 381 Å². The van der Waals surface area contributed by atoms with Crippen LogP contribution in [0.3, 0.4) is 0 Å². The summed E-state index contributed by atoms with van der Waals surface area (Å²) in [6, 6.07) is 130. The molecule has 0 saturated carbocycles. The van der Waals surface area contributed by atoms with E-state index in [-0.39, 0.29) is 0 Å². The Morgan fingerprint density at radius 3 is 0.898 bits per heavy atom. The average Bonchev–Trinajstić information content (AvgIpc) is 0.944. The van der Waals surface area contributed by atoms with Crippen molar-refractivity contribution in [2.75, 3.05) is 0 Å². The summed E-state index contributed by atoms with van der Waals surface area (Å²) in [5, 5.41) is 28.5. The van der Waals surface area contributed by atoms with Gasteiger partial charge in [0.1, 0.15) is 0 Å². The molecule has 1 atom stereocenters. The molecule has 98 heavy (non-hydrogen) atoms. The number of hydrogen-bond donors (Lipinski definition) is 0. The van der Waals surface area contributed by atoms with Crippen LogP contribution >= 0.6 is 0 Å². The largest absolute Gasteiger partial charge is 0.0761 e. The second kappa shape index (κ2) is 23.8. The van der Waals surface area contributed by atoms with E-state index in [1.165, 1.54) is 191 Å². The molecule has 0 nitrogen and oxygen atoms in total. The smallest absolute Gasteiger partial charge is 0.00622 e. The summed E-state index contributed by atoms with van der Waals surface area (Å²) in [7, 11) is 0. The lowest BCUT2D eigenvalue weighted by Crippen LogP contribution is -2.01. The van der Waals surface area contributed by atoms with Crippen molar-refractivity contribution in [3.63, 3.8) is 0 Å². The van der Waals surface area contributed by atoms with E-state index in [1.54, 1.807) is 0 Å². The van der Waals surface area contributed by atoms with Crippen molar-refractivity contribution in [2.24, 2.45) is 0 Å². The molecule has 1 unspecified atom stereocenters. The number of benzene rings is 19. The van der Waals surface area contributed by atoms with Crippen LogP contribution in [0.25, 0.3) is 180 Å². The van der Waals surface area contributed by atoms with Gasteiger partial charge >= 0.3 is 0 Å². The third-order valence-corrected chi connectivity index (χ3v) is 21.0. The van der Waals surface area contributed by atoms with Gasteiger partial charge in [-0.15, -0.1) is 0 Å². The first-order valence-corrected chi connectivity index (χ1v) is 34.3. The predicted molar refractivity (Wildman–Crippen MR) is 424 cm³/mol. The summed E-state index contributed by atoms with van der Waals surface area (Å²) in [6.07, 6.45) is 8.22. The number of allylic oxidation sites excluding steroid dienone is 4. The topological polar surface area (TPSA) is 0 Å². The quantitative estimate of drug-likeness (QED) is 0.110. The van der Waals surface area contributed by atoms with E-state index < -0.39 is 0 Å². The van der Waals surface area contributed by atoms with Gasteiger partial charge in [0.2, 0.25) is 0 Å². The van der Waals surface area contributed by atoms with Gasteiger partial charge in [0, 0.05) is 5.92 Å². The van der Waals surface area contributed by atoms with Crippen LogP contribution in [0.5, 0.6) is 0 Å². The van der Waals surface area contributed by atoms with Gasteiger partial charge in [-0.05, 0) is 209 Å². The molecule has 0 bridgehead atoms. The van der Waals surface area contributed by atoms with E-state index in [0.717, 1.165) is 6.42 Å². The molecule has 0 N–H and O–H groups in total. The molecule has 0 aromatic heterocycles. The number of hydrogen-bond acceptors (Lipinski definition) is 0. The van der Waals surface area contributed by atoms with Crippen molar-refractivity contribution in [1.29, 1.82) is 0 Å². The second-order valence-corrected chi connectivity index (χ2v) is 26.3. The fourth-order valence-electron chi connectivity index (χ4n) is 16.7. The molecule has 20 rings (SSSR count). The van der Waals surface area contributed by atoms with Gasteiger partial charge in [0.25, 0.3) is 0 Å². The molecule has 19 aromatic carbocycles. The Bertz CT molecular complexity index is 6090. The molecule has 1 aliphatic carbocycles. The molecule has 0 amide bonds. The molecule has 19 aromatic rings. The third kappa shape index (κ3) is 9.43. The van der Waals surface area contributed by atoms with E-state index in [4.69, 9.17) is 0 Å². The summed E-state index contributed by atoms with van der Waals surface area (Å²) in [4.78, 5) is 0. The van der Waals surface area contributed by atoms with Gasteiger partial charge in [0.05, 0.1) is 0 Å². The van der Waals surface area contributed by atoms with Crippen LogP contribution < -0.4 is 0 Å². The Labute approximate surface area is 569 Å². The fraction of sp³-hybridized carbons (Fsp3) is 0.0204. The maximum Gasteiger partial charge on any atom is 0.00622 e. The minimum atomic E-state index is 0.363. The van der Waals surface area contributed by atoms with Crippen molar-refractivity contribution < 1.29 is 0 Å². The van der Waals surface area contributed by atoms with Crippen LogP contribution in [-0.4, -0.2) is 0 Å². The Kier molecular flexibility index (Phi) is 13.8. The summed E-state index contributed by atoms with van der Waals surface area (Å²) in [5.74, 6) is 0.363. The molecule has 0 saturated heterocycles. The average molecular weight is 1240 g/mol. The Morgan fingerprint density at radius 1 is 0.194 bits per heavy atom. The van der Waals surface area contributed by atoms with Gasteiger partial charge in [-0.1, -0.05) is 358 Å². The zero-order valence-electron chi connectivity index (χ0n) is 54.0. The Balaban J connectivity index is 0.000000137. The third-order valence-electron chi connectivity index (χ3n) is 21.0. The van der Waals surface area contributed by atoms with Gasteiger partial charge in [0.15, 0.2) is 0 Å². The molecule has 0 heteroatoms. The molecule has 0 heterocycles. The van der Waals surface area contributed by atoms with E-state index in [1.807, 2.05) is 0 Å². The lowest BCUT2D eigenvalue weighted by Gasteiger charge is -2.22. The first kappa shape index (κ1) is 57.0. The monoisotopic (exact) mass is 1240 g/mol. The van der Waals surface area contributed by atoms with Gasteiger partial charge in [-0.25, -0.2) is 0 Å². The standard InChI is InChI=1S/C50H30.C48H34/c1-3-17-37-33(13-1)35-15-5-7-19-39(35)47-29-31(25-27-41(37)47)49-43-21-9-11-23-45(43)50(46-24-12-10-22-44(46)49)32-26-28-42-38-18-4-2-14-34(38)36-16-6-8-20-40(36)48(42)30-32;1-2-13-33(14-3-1)39-18-6-7-19-41(39)35-25-29-37(30-26-35)47-43-20-8-10-22-45(43)48(46-23-11-9-21-44(46)47)38-31-27-36(28-32-38)42-24-12-16-34-15-4-5-17-40(34)42/h1-30H;1-27,29-32,36H,28H2.